The highest BCUT2D eigenvalue weighted by Crippen LogP contribution is 2.51. The highest BCUT2D eigenvalue weighted by Gasteiger charge is 2.63. The molecule has 0 bridgehead atoms. The van der Waals surface area contributed by atoms with Crippen LogP contribution in [0, 0.1) is 0 Å². The second kappa shape index (κ2) is 5.76. The smallest absolute Gasteiger partial charge is 0.327 e. The number of carbonyl (C=O) groups is 2. The van der Waals surface area contributed by atoms with Gasteiger partial charge in [-0.15, -0.1) is 11.8 Å². The molecule has 0 spiro atoms. The van der Waals surface area contributed by atoms with Crippen LogP contribution < -0.4 is 0 Å². The molecule has 0 radical (unpaired) electrons. The number of thioether (sulfide) groups is 1. The van der Waals surface area contributed by atoms with E-state index in [9.17, 15) is 14.7 Å². The van der Waals surface area contributed by atoms with Crippen LogP contribution in [0.3, 0.4) is 0 Å². The lowest BCUT2D eigenvalue weighted by Crippen LogP contribution is -2.65. The van der Waals surface area contributed by atoms with Crippen molar-refractivity contribution < 1.29 is 31.1 Å². The lowest BCUT2D eigenvalue weighted by Gasteiger charge is -2.41. The number of amides is 1. The maximum absolute atomic E-state index is 12.6. The summed E-state index contributed by atoms with van der Waals surface area (Å²) in [7, 11) is 0. The lowest BCUT2D eigenvalue weighted by molar-refractivity contribution is -0.158. The van der Waals surface area contributed by atoms with Gasteiger partial charge in [-0.3, -0.25) is 9.79 Å². The Morgan fingerprint density at radius 3 is 2.64 bits per heavy atom. The molecule has 6 nitrogen and oxygen atoms in total. The second-order valence-corrected chi connectivity index (χ2v) is 7.17. The molecule has 0 aliphatic carbocycles. The van der Waals surface area contributed by atoms with Gasteiger partial charge in [0.15, 0.2) is 6.04 Å². The molecule has 22 heavy (non-hydrogen) atoms. The van der Waals surface area contributed by atoms with Gasteiger partial charge in [0, 0.05) is 34.2 Å². The number of fused-ring (bicyclic) bond motifs is 1. The summed E-state index contributed by atoms with van der Waals surface area (Å²) in [5, 5.41) is 8.67. The average Bonchev–Trinajstić information content (AvgIpc) is 2.90. The minimum Gasteiger partial charge on any atom is -0.480 e. The summed E-state index contributed by atoms with van der Waals surface area (Å²) in [6, 6.07) is -2.49. The molecule has 7 heteroatoms. The molecule has 3 aliphatic heterocycles. The van der Waals surface area contributed by atoms with Gasteiger partial charge in [-0.05, 0) is 26.6 Å². The summed E-state index contributed by atoms with van der Waals surface area (Å²) in [6.07, 6.45) is -14.9. The molecule has 0 aromatic rings. The fraction of sp³-hybridized carbons (Fsp3) is 0.800. The average molecular weight is 338 g/mol. The van der Waals surface area contributed by atoms with Gasteiger partial charge in [-0.2, -0.15) is 0 Å². The van der Waals surface area contributed by atoms with Crippen LogP contribution in [0.5, 0.6) is 0 Å². The number of aliphatic imine (C=N–C) groups is 1. The molecule has 0 aromatic heterocycles. The van der Waals surface area contributed by atoms with Crippen LogP contribution in [0.1, 0.15) is 55.8 Å². The van der Waals surface area contributed by atoms with Crippen LogP contribution in [0.15, 0.2) is 4.99 Å². The number of hydrogen-bond acceptors (Lipinski definition) is 4. The van der Waals surface area contributed by atoms with E-state index in [1.807, 2.05) is 0 Å². The van der Waals surface area contributed by atoms with Crippen LogP contribution in [-0.4, -0.2) is 68.3 Å². The first kappa shape index (κ1) is 6.71. The van der Waals surface area contributed by atoms with Gasteiger partial charge in [0.1, 0.15) is 11.4 Å². The topological polar surface area (TPSA) is 73.2 Å². The second-order valence-electron chi connectivity index (χ2n) is 5.40. The molecule has 3 heterocycles. The van der Waals surface area contributed by atoms with E-state index in [4.69, 9.17) is 16.4 Å². The molecule has 0 unspecified atom stereocenters. The Morgan fingerprint density at radius 1 is 1.41 bits per heavy atom. The zero-order valence-corrected chi connectivity index (χ0v) is 12.6. The number of hydrogen-bond donors (Lipinski definition) is 1. The molecule has 3 aliphatic rings. The summed E-state index contributed by atoms with van der Waals surface area (Å²) in [4.78, 5) is 29.0. The molecular weight excluding hydrogens is 302 g/mol. The summed E-state index contributed by atoms with van der Waals surface area (Å²) in [5.41, 5.74) is 0. The maximum atomic E-state index is 12.6. The number of β-lactam (4-membered cyclic amide) rings is 1. The highest BCUT2D eigenvalue weighted by atomic mass is 32.2. The van der Waals surface area contributed by atoms with Crippen molar-refractivity contribution in [2.45, 2.75) is 61.5 Å². The Balaban J connectivity index is 2.08. The Bertz CT molecular complexity index is 918. The third kappa shape index (κ3) is 2.59. The van der Waals surface area contributed by atoms with Gasteiger partial charge in [0.25, 0.3) is 5.91 Å². The zero-order chi connectivity index (χ0) is 26.7. The molecule has 1 N–H and O–H groups in total. The quantitative estimate of drug-likeness (QED) is 0.479. The monoisotopic (exact) mass is 337 g/mol. The van der Waals surface area contributed by atoms with Crippen molar-refractivity contribution in [1.29, 1.82) is 0 Å². The molecule has 3 atom stereocenters. The predicted molar refractivity (Wildman–Crippen MR) is 86.0 cm³/mol. The van der Waals surface area contributed by atoms with Crippen LogP contribution >= 0.6 is 11.8 Å². The third-order valence-corrected chi connectivity index (χ3v) is 5.09. The Hall–Kier alpha value is -1.24. The SMILES string of the molecule is [2H]C1([2H])N(C=N[C@@H]2C(=O)N3[C@@H]2SC(C)(C)[C@@H]3C(=O)O)C([2H])([2H])C([2H])([2H])C([2H])([2H])C([2H])([2H])C1([2H])[2H]. The highest BCUT2D eigenvalue weighted by molar-refractivity contribution is 8.01. The van der Waals surface area contributed by atoms with E-state index >= 15 is 0 Å². The standard InChI is InChI=1S/C15H23N3O3S/c1-15(2)11(14(20)21)18-12(19)10(13(18)22-15)16-9-17-7-5-3-4-6-8-17/h9-11,13H,3-8H2,1-2H3,(H,20,21)/t10-,11+,13-/m1/s1/i3D2,4D2,5D2,6D2,7D2,8D2. The van der Waals surface area contributed by atoms with Gasteiger partial charge in [-0.25, -0.2) is 4.79 Å². The fourth-order valence-electron chi connectivity index (χ4n) is 2.59. The first-order chi connectivity index (χ1) is 14.9. The van der Waals surface area contributed by atoms with Crippen molar-refractivity contribution in [2.75, 3.05) is 13.0 Å². The number of carbonyl (C=O) groups excluding carboxylic acids is 1. The molecule has 0 aromatic carbocycles. The molecule has 0 saturated carbocycles. The van der Waals surface area contributed by atoms with Crippen molar-refractivity contribution in [1.82, 2.24) is 9.80 Å². The van der Waals surface area contributed by atoms with Crippen molar-refractivity contribution >= 4 is 30.0 Å². The number of likely N-dealkylation sites (tertiary alicyclic amines) is 1. The number of carboxylic acid groups (broad SMARTS) is 1. The number of nitrogens with zero attached hydrogens (tertiary/aromatic N) is 3. The molecule has 1 amide bonds. The van der Waals surface area contributed by atoms with Gasteiger partial charge < -0.3 is 14.9 Å². The van der Waals surface area contributed by atoms with E-state index in [-0.39, 0.29) is 4.90 Å². The maximum Gasteiger partial charge on any atom is 0.327 e. The minimum atomic E-state index is -3.84. The first-order valence-electron chi connectivity index (χ1n) is 12.5. The normalized spacial score (nSPS) is 56.3. The van der Waals surface area contributed by atoms with E-state index in [2.05, 4.69) is 4.99 Å². The van der Waals surface area contributed by atoms with E-state index in [0.717, 1.165) is 16.7 Å². The van der Waals surface area contributed by atoms with Crippen LogP contribution in [0.4, 0.5) is 0 Å². The van der Waals surface area contributed by atoms with Crippen molar-refractivity contribution in [3.63, 3.8) is 0 Å². The van der Waals surface area contributed by atoms with Gasteiger partial charge in [-0.1, -0.05) is 12.7 Å². The summed E-state index contributed by atoms with van der Waals surface area (Å²) < 4.78 is 95.7. The van der Waals surface area contributed by atoms with Crippen LogP contribution in [0.2, 0.25) is 0 Å². The van der Waals surface area contributed by atoms with Gasteiger partial charge in [0.05, 0.1) is 6.34 Å². The molecule has 3 rings (SSSR count). The summed E-state index contributed by atoms with van der Waals surface area (Å²) in [6.45, 7) is -4.14. The van der Waals surface area contributed by atoms with Crippen LogP contribution in [-0.2, 0) is 9.59 Å². The zero-order valence-electron chi connectivity index (χ0n) is 23.8. The van der Waals surface area contributed by atoms with E-state index < -0.39 is 72.6 Å². The van der Waals surface area contributed by atoms with E-state index in [1.165, 1.54) is 0 Å². The van der Waals surface area contributed by atoms with Crippen molar-refractivity contribution in [2.24, 2.45) is 4.99 Å². The molecule has 122 valence electrons. The largest absolute Gasteiger partial charge is 0.480 e. The molecule has 3 fully saturated rings. The van der Waals surface area contributed by atoms with Crippen LogP contribution in [0.25, 0.3) is 0 Å². The minimum absolute atomic E-state index is 0.169. The predicted octanol–water partition coefficient (Wildman–Crippen LogP) is 1.41. The Labute approximate surface area is 151 Å². The fourth-order valence-corrected chi connectivity index (χ4v) is 4.21. The number of rotatable bonds is 3. The molecule has 3 saturated heterocycles. The lowest BCUT2D eigenvalue weighted by atomic mass is 9.96. The van der Waals surface area contributed by atoms with Crippen molar-refractivity contribution in [3.8, 4) is 0 Å². The van der Waals surface area contributed by atoms with Gasteiger partial charge in [0.2, 0.25) is 0 Å². The number of aliphatic carboxylic acids is 1. The number of carboxylic acids is 1. The third-order valence-electron chi connectivity index (χ3n) is 3.53. The van der Waals surface area contributed by atoms with E-state index in [1.54, 1.807) is 13.8 Å². The first-order valence-corrected chi connectivity index (χ1v) is 7.36. The van der Waals surface area contributed by atoms with Crippen molar-refractivity contribution in [3.05, 3.63) is 0 Å². The Kier molecular flexibility index (Phi) is 1.76. The summed E-state index contributed by atoms with van der Waals surface area (Å²) >= 11 is 1.09. The summed E-state index contributed by atoms with van der Waals surface area (Å²) in [5.74, 6) is -2.01. The molecular formula is C15H23N3O3S. The van der Waals surface area contributed by atoms with E-state index in [0.29, 0.717) is 6.34 Å². The van der Waals surface area contributed by atoms with Gasteiger partial charge >= 0.3 is 5.97 Å². The Morgan fingerprint density at radius 2 is 2.05 bits per heavy atom.